The molecule has 1 saturated heterocycles. The fourth-order valence-electron chi connectivity index (χ4n) is 3.42. The Morgan fingerprint density at radius 2 is 1.81 bits per heavy atom. The van der Waals surface area contributed by atoms with Crippen molar-refractivity contribution in [2.24, 2.45) is 0 Å². The Bertz CT molecular complexity index is 916. The number of amides is 1. The minimum atomic E-state index is -3.60. The van der Waals surface area contributed by atoms with Gasteiger partial charge in [0.25, 0.3) is 5.91 Å². The number of rotatable bonds is 3. The maximum Gasteiger partial charge on any atom is 0.270 e. The fraction of sp³-hybridized carbons (Fsp3) is 0.389. The molecule has 0 radical (unpaired) electrons. The van der Waals surface area contributed by atoms with Crippen molar-refractivity contribution in [3.8, 4) is 0 Å². The number of hydrogen-bond donors (Lipinski definition) is 1. The van der Waals surface area contributed by atoms with Gasteiger partial charge in [0, 0.05) is 32.4 Å². The van der Waals surface area contributed by atoms with Crippen LogP contribution in [-0.2, 0) is 27.7 Å². The lowest BCUT2D eigenvalue weighted by Crippen LogP contribution is -2.40. The van der Waals surface area contributed by atoms with E-state index in [4.69, 9.17) is 4.74 Å². The zero-order valence-corrected chi connectivity index (χ0v) is 15.2. The monoisotopic (exact) mass is 375 g/mol. The molecule has 8 heteroatoms. The van der Waals surface area contributed by atoms with Crippen molar-refractivity contribution in [1.82, 2.24) is 14.2 Å². The number of fused-ring (bicyclic) bond motifs is 1. The standard InChI is InChI=1S/C18H21N3O4S/c22-18(20-6-5-14-3-1-2-4-15(14)13-20)17-11-16(12-19-17)26(23,24)21-7-9-25-10-8-21/h1-4,11-12,19H,5-10,13H2. The molecular weight excluding hydrogens is 354 g/mol. The van der Waals surface area contributed by atoms with E-state index in [-0.39, 0.29) is 10.8 Å². The summed E-state index contributed by atoms with van der Waals surface area (Å²) in [5.41, 5.74) is 2.70. The van der Waals surface area contributed by atoms with E-state index >= 15 is 0 Å². The summed E-state index contributed by atoms with van der Waals surface area (Å²) in [5, 5.41) is 0. The first kappa shape index (κ1) is 17.3. The Hall–Kier alpha value is -2.16. The molecule has 26 heavy (non-hydrogen) atoms. The number of H-pyrrole nitrogens is 1. The number of carbonyl (C=O) groups is 1. The highest BCUT2D eigenvalue weighted by molar-refractivity contribution is 7.89. The molecule has 0 atom stereocenters. The zero-order valence-electron chi connectivity index (χ0n) is 14.3. The minimum absolute atomic E-state index is 0.125. The summed E-state index contributed by atoms with van der Waals surface area (Å²) in [4.78, 5) is 17.5. The highest BCUT2D eigenvalue weighted by Crippen LogP contribution is 2.22. The number of sulfonamides is 1. The Morgan fingerprint density at radius 3 is 2.58 bits per heavy atom. The average Bonchev–Trinajstić information content (AvgIpc) is 3.19. The quantitative estimate of drug-likeness (QED) is 0.875. The molecule has 2 aliphatic rings. The van der Waals surface area contributed by atoms with Crippen LogP contribution in [0.4, 0.5) is 0 Å². The second kappa shape index (κ2) is 6.86. The molecule has 7 nitrogen and oxygen atoms in total. The van der Waals surface area contributed by atoms with E-state index in [2.05, 4.69) is 11.1 Å². The summed E-state index contributed by atoms with van der Waals surface area (Å²) in [6, 6.07) is 9.52. The van der Waals surface area contributed by atoms with Gasteiger partial charge in [-0.2, -0.15) is 4.31 Å². The van der Waals surface area contributed by atoms with E-state index in [0.29, 0.717) is 45.1 Å². The van der Waals surface area contributed by atoms with Crippen molar-refractivity contribution in [1.29, 1.82) is 0 Å². The molecule has 2 aliphatic heterocycles. The van der Waals surface area contributed by atoms with Gasteiger partial charge >= 0.3 is 0 Å². The summed E-state index contributed by atoms with van der Waals surface area (Å²) in [6.45, 7) is 2.62. The van der Waals surface area contributed by atoms with Crippen molar-refractivity contribution < 1.29 is 17.9 Å². The molecule has 4 rings (SSSR count). The lowest BCUT2D eigenvalue weighted by Gasteiger charge is -2.28. The van der Waals surface area contributed by atoms with Crippen molar-refractivity contribution in [2.45, 2.75) is 17.9 Å². The Balaban J connectivity index is 1.52. The van der Waals surface area contributed by atoms with Gasteiger partial charge in [0.1, 0.15) is 10.6 Å². The maximum absolute atomic E-state index is 12.8. The number of aromatic amines is 1. The first-order chi connectivity index (χ1) is 12.6. The van der Waals surface area contributed by atoms with Crippen LogP contribution in [0.2, 0.25) is 0 Å². The highest BCUT2D eigenvalue weighted by Gasteiger charge is 2.29. The summed E-state index contributed by atoms with van der Waals surface area (Å²) in [5.74, 6) is -0.178. The van der Waals surface area contributed by atoms with Gasteiger partial charge in [0.05, 0.1) is 13.2 Å². The van der Waals surface area contributed by atoms with E-state index < -0.39 is 10.0 Å². The van der Waals surface area contributed by atoms with E-state index in [1.165, 1.54) is 22.1 Å². The van der Waals surface area contributed by atoms with E-state index in [9.17, 15) is 13.2 Å². The smallest absolute Gasteiger partial charge is 0.270 e. The topological polar surface area (TPSA) is 82.7 Å². The lowest BCUT2D eigenvalue weighted by molar-refractivity contribution is 0.0727. The second-order valence-corrected chi connectivity index (χ2v) is 8.45. The molecule has 0 aliphatic carbocycles. The molecule has 3 heterocycles. The molecule has 1 aromatic heterocycles. The van der Waals surface area contributed by atoms with Crippen LogP contribution < -0.4 is 0 Å². The number of benzene rings is 1. The molecule has 1 amide bonds. The van der Waals surface area contributed by atoms with Gasteiger partial charge in [-0.3, -0.25) is 4.79 Å². The maximum atomic E-state index is 12.8. The summed E-state index contributed by atoms with van der Waals surface area (Å²) in [6.07, 6.45) is 2.21. The normalized spacial score (nSPS) is 18.5. The molecule has 0 unspecified atom stereocenters. The lowest BCUT2D eigenvalue weighted by atomic mass is 10.00. The largest absolute Gasteiger partial charge is 0.379 e. The number of carbonyl (C=O) groups excluding carboxylic acids is 1. The van der Waals surface area contributed by atoms with Gasteiger partial charge < -0.3 is 14.6 Å². The van der Waals surface area contributed by atoms with Gasteiger partial charge in [-0.05, 0) is 23.6 Å². The second-order valence-electron chi connectivity index (χ2n) is 6.51. The Kier molecular flexibility index (Phi) is 4.56. The summed E-state index contributed by atoms with van der Waals surface area (Å²) < 4.78 is 32.0. The molecule has 0 spiro atoms. The van der Waals surface area contributed by atoms with Crippen molar-refractivity contribution in [2.75, 3.05) is 32.8 Å². The zero-order chi connectivity index (χ0) is 18.1. The minimum Gasteiger partial charge on any atom is -0.379 e. The fourth-order valence-corrected chi connectivity index (χ4v) is 4.82. The third-order valence-electron chi connectivity index (χ3n) is 4.91. The summed E-state index contributed by atoms with van der Waals surface area (Å²) >= 11 is 0. The van der Waals surface area contributed by atoms with Gasteiger partial charge in [0.2, 0.25) is 10.0 Å². The number of hydrogen-bond acceptors (Lipinski definition) is 4. The van der Waals surface area contributed by atoms with Gasteiger partial charge in [0.15, 0.2) is 0 Å². The van der Waals surface area contributed by atoms with Crippen LogP contribution in [0.15, 0.2) is 41.4 Å². The predicted molar refractivity (Wildman–Crippen MR) is 95.3 cm³/mol. The number of nitrogens with zero attached hydrogens (tertiary/aromatic N) is 2. The van der Waals surface area contributed by atoms with Crippen LogP contribution in [0.25, 0.3) is 0 Å². The van der Waals surface area contributed by atoms with Crippen LogP contribution in [0.1, 0.15) is 21.6 Å². The Labute approximate surface area is 152 Å². The first-order valence-electron chi connectivity index (χ1n) is 8.68. The highest BCUT2D eigenvalue weighted by atomic mass is 32.2. The van der Waals surface area contributed by atoms with Crippen LogP contribution in [0.5, 0.6) is 0 Å². The van der Waals surface area contributed by atoms with Gasteiger partial charge in [-0.15, -0.1) is 0 Å². The molecule has 2 aromatic rings. The molecule has 1 N–H and O–H groups in total. The van der Waals surface area contributed by atoms with E-state index in [1.807, 2.05) is 18.2 Å². The molecular formula is C18H21N3O4S. The Morgan fingerprint density at radius 1 is 1.08 bits per heavy atom. The third-order valence-corrected chi connectivity index (χ3v) is 6.79. The third kappa shape index (κ3) is 3.15. The number of morpholine rings is 1. The van der Waals surface area contributed by atoms with Gasteiger partial charge in [-0.25, -0.2) is 8.42 Å². The molecule has 0 saturated carbocycles. The van der Waals surface area contributed by atoms with Crippen LogP contribution in [-0.4, -0.2) is 61.4 Å². The van der Waals surface area contributed by atoms with Crippen LogP contribution in [0.3, 0.4) is 0 Å². The summed E-state index contributed by atoms with van der Waals surface area (Å²) in [7, 11) is -3.60. The molecule has 0 bridgehead atoms. The average molecular weight is 375 g/mol. The van der Waals surface area contributed by atoms with Crippen molar-refractivity contribution >= 4 is 15.9 Å². The van der Waals surface area contributed by atoms with Crippen LogP contribution >= 0.6 is 0 Å². The first-order valence-corrected chi connectivity index (χ1v) is 10.1. The number of aromatic nitrogens is 1. The van der Waals surface area contributed by atoms with Crippen LogP contribution in [0, 0.1) is 0 Å². The molecule has 138 valence electrons. The van der Waals surface area contributed by atoms with E-state index in [1.54, 1.807) is 4.90 Å². The molecule has 1 fully saturated rings. The predicted octanol–water partition coefficient (Wildman–Crippen LogP) is 1.23. The van der Waals surface area contributed by atoms with E-state index in [0.717, 1.165) is 12.0 Å². The number of nitrogens with one attached hydrogen (secondary N) is 1. The number of ether oxygens (including phenoxy) is 1. The SMILES string of the molecule is O=C(c1cc(S(=O)(=O)N2CCOCC2)c[nH]1)N1CCc2ccccc2C1. The van der Waals surface area contributed by atoms with Gasteiger partial charge in [-0.1, -0.05) is 24.3 Å². The molecule has 1 aromatic carbocycles. The van der Waals surface area contributed by atoms with Crippen molar-refractivity contribution in [3.05, 3.63) is 53.3 Å². The van der Waals surface area contributed by atoms with Crippen molar-refractivity contribution in [3.63, 3.8) is 0 Å².